The second-order valence-electron chi connectivity index (χ2n) is 8.86. The van der Waals surface area contributed by atoms with E-state index in [1.165, 1.54) is 22.2 Å². The van der Waals surface area contributed by atoms with Gasteiger partial charge in [0.15, 0.2) is 5.17 Å². The number of aliphatic imine (C=N–C) groups is 1. The van der Waals surface area contributed by atoms with Crippen molar-refractivity contribution in [2.24, 2.45) is 4.99 Å². The molecule has 1 heterocycles. The number of carbonyl (C=O) groups excluding carboxylic acids is 1. The minimum Gasteiger partial charge on any atom is -0.489 e. The van der Waals surface area contributed by atoms with Gasteiger partial charge in [0.2, 0.25) is 0 Å². The number of amidine groups is 1. The fraction of sp³-hybridized carbons (Fsp3) is 0.207. The number of carboxylic acids is 1. The number of hydrogen-bond donors (Lipinski definition) is 1. The molecule has 0 radical (unpaired) electrons. The number of nitrogens with zero attached hydrogens (tertiary/aromatic N) is 2. The molecule has 184 valence electrons. The summed E-state index contributed by atoms with van der Waals surface area (Å²) in [6.45, 7) is 4.85. The molecule has 1 aliphatic rings. The van der Waals surface area contributed by atoms with Gasteiger partial charge in [-0.25, -0.2) is 4.99 Å². The fourth-order valence-corrected chi connectivity index (χ4v) is 4.59. The second kappa shape index (κ2) is 11.3. The lowest BCUT2D eigenvalue weighted by Crippen LogP contribution is -2.23. The molecule has 0 saturated carbocycles. The van der Waals surface area contributed by atoms with Crippen LogP contribution in [0.25, 0.3) is 6.08 Å². The Kier molecular flexibility index (Phi) is 7.90. The molecule has 7 heteroatoms. The first-order chi connectivity index (χ1) is 17.3. The first-order valence-electron chi connectivity index (χ1n) is 11.7. The quantitative estimate of drug-likeness (QED) is 0.370. The van der Waals surface area contributed by atoms with Crippen molar-refractivity contribution in [2.45, 2.75) is 32.8 Å². The van der Waals surface area contributed by atoms with E-state index in [2.05, 4.69) is 43.1 Å². The Morgan fingerprint density at radius 1 is 1.00 bits per heavy atom. The van der Waals surface area contributed by atoms with E-state index in [0.29, 0.717) is 33.8 Å². The van der Waals surface area contributed by atoms with E-state index in [4.69, 9.17) is 9.84 Å². The van der Waals surface area contributed by atoms with Crippen molar-refractivity contribution in [2.75, 3.05) is 7.05 Å². The summed E-state index contributed by atoms with van der Waals surface area (Å²) < 4.78 is 5.92. The Labute approximate surface area is 215 Å². The third-order valence-electron chi connectivity index (χ3n) is 5.75. The lowest BCUT2D eigenvalue weighted by atomic mass is 10.0. The van der Waals surface area contributed by atoms with Gasteiger partial charge < -0.3 is 9.84 Å². The van der Waals surface area contributed by atoms with Crippen LogP contribution in [0.15, 0.2) is 82.7 Å². The topological polar surface area (TPSA) is 79.2 Å². The Balaban J connectivity index is 1.39. The zero-order valence-corrected chi connectivity index (χ0v) is 21.3. The molecule has 1 fully saturated rings. The number of rotatable bonds is 8. The molecule has 1 amide bonds. The molecule has 6 nitrogen and oxygen atoms in total. The highest BCUT2D eigenvalue weighted by molar-refractivity contribution is 8.18. The monoisotopic (exact) mass is 500 g/mol. The Morgan fingerprint density at radius 2 is 1.64 bits per heavy atom. The highest BCUT2D eigenvalue weighted by atomic mass is 32.2. The SMILES string of the molecule is CC(C)c1ccc(COc2ccc(/C=C3\SC(=Nc4ccc(CC(=O)O)cc4)N(C)C3=O)cc2)cc1. The largest absolute Gasteiger partial charge is 0.489 e. The minimum atomic E-state index is -0.878. The molecule has 3 aromatic rings. The maximum atomic E-state index is 12.7. The summed E-state index contributed by atoms with van der Waals surface area (Å²) in [4.78, 5) is 30.3. The summed E-state index contributed by atoms with van der Waals surface area (Å²) >= 11 is 1.31. The lowest BCUT2D eigenvalue weighted by molar-refractivity contribution is -0.136. The zero-order valence-electron chi connectivity index (χ0n) is 20.5. The Bertz CT molecular complexity index is 1290. The summed E-state index contributed by atoms with van der Waals surface area (Å²) in [6, 6.07) is 23.1. The van der Waals surface area contributed by atoms with Crippen LogP contribution in [0.4, 0.5) is 5.69 Å². The van der Waals surface area contributed by atoms with Crippen LogP contribution in [0.1, 0.15) is 42.0 Å². The predicted octanol–water partition coefficient (Wildman–Crippen LogP) is 6.25. The van der Waals surface area contributed by atoms with Crippen LogP contribution in [0.5, 0.6) is 5.75 Å². The van der Waals surface area contributed by atoms with E-state index in [1.807, 2.05) is 30.3 Å². The second-order valence-corrected chi connectivity index (χ2v) is 9.87. The molecule has 36 heavy (non-hydrogen) atoms. The van der Waals surface area contributed by atoms with Gasteiger partial charge in [0.05, 0.1) is 17.0 Å². The highest BCUT2D eigenvalue weighted by Crippen LogP contribution is 2.33. The van der Waals surface area contributed by atoms with Crippen molar-refractivity contribution >= 4 is 40.6 Å². The zero-order chi connectivity index (χ0) is 25.7. The van der Waals surface area contributed by atoms with E-state index >= 15 is 0 Å². The molecule has 4 rings (SSSR count). The van der Waals surface area contributed by atoms with E-state index in [1.54, 1.807) is 31.3 Å². The highest BCUT2D eigenvalue weighted by Gasteiger charge is 2.30. The molecular formula is C29H28N2O4S. The standard InChI is InChI=1S/C29H28N2O4S/c1-19(2)23-10-4-22(5-11-23)18-35-25-14-8-20(9-15-25)16-26-28(34)31(3)29(36-26)30-24-12-6-21(7-13-24)17-27(32)33/h4-16,19H,17-18H2,1-3H3,(H,32,33)/b26-16-,30-29?. The third-order valence-corrected chi connectivity index (χ3v) is 6.81. The molecular weight excluding hydrogens is 472 g/mol. The minimum absolute atomic E-state index is 0.0356. The van der Waals surface area contributed by atoms with Crippen molar-refractivity contribution in [1.82, 2.24) is 4.90 Å². The van der Waals surface area contributed by atoms with Crippen molar-refractivity contribution < 1.29 is 19.4 Å². The van der Waals surface area contributed by atoms with E-state index in [-0.39, 0.29) is 12.3 Å². The molecule has 1 N–H and O–H groups in total. The Hall–Kier alpha value is -3.84. The van der Waals surface area contributed by atoms with E-state index in [9.17, 15) is 9.59 Å². The van der Waals surface area contributed by atoms with Crippen LogP contribution in [-0.4, -0.2) is 34.1 Å². The number of hydrogen-bond acceptors (Lipinski definition) is 5. The average molecular weight is 501 g/mol. The number of aliphatic carboxylic acids is 1. The molecule has 3 aromatic carbocycles. The number of ether oxygens (including phenoxy) is 1. The van der Waals surface area contributed by atoms with Crippen molar-refractivity contribution in [1.29, 1.82) is 0 Å². The Morgan fingerprint density at radius 3 is 2.25 bits per heavy atom. The maximum Gasteiger partial charge on any atom is 0.307 e. The van der Waals surface area contributed by atoms with Gasteiger partial charge in [-0.2, -0.15) is 0 Å². The number of amides is 1. The average Bonchev–Trinajstić information content (AvgIpc) is 3.12. The first-order valence-corrected chi connectivity index (χ1v) is 12.5. The molecule has 0 spiro atoms. The number of likely N-dealkylation sites (N-methyl/N-ethyl adjacent to an activating group) is 1. The van der Waals surface area contributed by atoms with Gasteiger partial charge in [0.25, 0.3) is 5.91 Å². The van der Waals surface area contributed by atoms with Gasteiger partial charge in [0, 0.05) is 7.05 Å². The molecule has 0 atom stereocenters. The summed E-state index contributed by atoms with van der Waals surface area (Å²) in [5.74, 6) is 0.273. The van der Waals surface area contributed by atoms with Crippen LogP contribution in [0, 0.1) is 0 Å². The summed E-state index contributed by atoms with van der Waals surface area (Å²) in [5.41, 5.74) is 4.68. The summed E-state index contributed by atoms with van der Waals surface area (Å²) in [5, 5.41) is 9.47. The predicted molar refractivity (Wildman–Crippen MR) is 145 cm³/mol. The molecule has 0 aliphatic carbocycles. The number of thioether (sulfide) groups is 1. The summed E-state index contributed by atoms with van der Waals surface area (Å²) in [6.07, 6.45) is 1.81. The van der Waals surface area contributed by atoms with Crippen molar-refractivity contribution in [3.8, 4) is 5.75 Å². The lowest BCUT2D eigenvalue weighted by Gasteiger charge is -2.09. The van der Waals surface area contributed by atoms with Crippen molar-refractivity contribution in [3.05, 3.63) is 100.0 Å². The molecule has 0 bridgehead atoms. The van der Waals surface area contributed by atoms with E-state index in [0.717, 1.165) is 16.9 Å². The maximum absolute atomic E-state index is 12.7. The molecule has 0 aromatic heterocycles. The van der Waals surface area contributed by atoms with Gasteiger partial charge in [0.1, 0.15) is 12.4 Å². The third kappa shape index (κ3) is 6.43. The molecule has 0 unspecified atom stereocenters. The van der Waals surface area contributed by atoms with Gasteiger partial charge in [-0.15, -0.1) is 0 Å². The van der Waals surface area contributed by atoms with Gasteiger partial charge in [-0.3, -0.25) is 14.5 Å². The van der Waals surface area contributed by atoms with Crippen LogP contribution in [0.2, 0.25) is 0 Å². The van der Waals surface area contributed by atoms with Crippen LogP contribution >= 0.6 is 11.8 Å². The summed E-state index contributed by atoms with van der Waals surface area (Å²) in [7, 11) is 1.69. The number of carbonyl (C=O) groups is 2. The molecule has 1 aliphatic heterocycles. The number of benzene rings is 3. The van der Waals surface area contributed by atoms with Crippen molar-refractivity contribution in [3.63, 3.8) is 0 Å². The van der Waals surface area contributed by atoms with Gasteiger partial charge in [-0.05, 0) is 70.3 Å². The van der Waals surface area contributed by atoms with Gasteiger partial charge >= 0.3 is 5.97 Å². The van der Waals surface area contributed by atoms with E-state index < -0.39 is 5.97 Å². The van der Waals surface area contributed by atoms with Crippen LogP contribution in [0.3, 0.4) is 0 Å². The van der Waals surface area contributed by atoms with Crippen LogP contribution in [-0.2, 0) is 22.6 Å². The smallest absolute Gasteiger partial charge is 0.307 e. The number of carboxylic acid groups (broad SMARTS) is 1. The first kappa shape index (κ1) is 25.3. The molecule has 1 saturated heterocycles. The fourth-order valence-electron chi connectivity index (χ4n) is 3.60. The normalized spacial score (nSPS) is 15.8. The van der Waals surface area contributed by atoms with Gasteiger partial charge in [-0.1, -0.05) is 62.4 Å². The van der Waals surface area contributed by atoms with Crippen LogP contribution < -0.4 is 4.74 Å².